The van der Waals surface area contributed by atoms with Crippen LogP contribution in [0, 0.1) is 5.92 Å². The first-order chi connectivity index (χ1) is 19.1. The lowest BCUT2D eigenvalue weighted by Crippen LogP contribution is -2.31. The number of methoxy groups -OCH3 is 1. The average molecular weight is 542 g/mol. The van der Waals surface area contributed by atoms with E-state index >= 15 is 0 Å². The molecule has 1 aliphatic carbocycles. The summed E-state index contributed by atoms with van der Waals surface area (Å²) >= 11 is 0. The fraction of sp³-hybridized carbons (Fsp3) is 0.469. The van der Waals surface area contributed by atoms with Crippen LogP contribution in [-0.4, -0.2) is 50.0 Å². The van der Waals surface area contributed by atoms with Crippen molar-refractivity contribution in [3.63, 3.8) is 0 Å². The Balaban J connectivity index is 1.26. The number of carbonyl (C=O) groups excluding carboxylic acids is 1. The number of rotatable bonds is 8. The monoisotopic (exact) mass is 541 g/mol. The zero-order valence-electron chi connectivity index (χ0n) is 24.3. The van der Waals surface area contributed by atoms with Crippen molar-refractivity contribution in [1.29, 1.82) is 0 Å². The van der Waals surface area contributed by atoms with E-state index in [4.69, 9.17) is 14.6 Å². The third-order valence-electron chi connectivity index (χ3n) is 8.46. The van der Waals surface area contributed by atoms with E-state index in [0.717, 1.165) is 33.7 Å². The van der Waals surface area contributed by atoms with Crippen LogP contribution in [0.5, 0.6) is 11.5 Å². The highest BCUT2D eigenvalue weighted by atomic mass is 16.5. The highest BCUT2D eigenvalue weighted by molar-refractivity contribution is 5.79. The lowest BCUT2D eigenvalue weighted by Gasteiger charge is -2.27. The van der Waals surface area contributed by atoms with Crippen molar-refractivity contribution < 1.29 is 14.3 Å². The summed E-state index contributed by atoms with van der Waals surface area (Å²) in [7, 11) is 1.66. The number of likely N-dealkylation sites (tertiary alicyclic amines) is 1. The van der Waals surface area contributed by atoms with Gasteiger partial charge in [0.05, 0.1) is 31.1 Å². The van der Waals surface area contributed by atoms with Crippen molar-refractivity contribution in [1.82, 2.24) is 24.3 Å². The molecular formula is C32H39N5O3. The number of hydrogen-bond acceptors (Lipinski definition) is 5. The third-order valence-corrected chi connectivity index (χ3v) is 8.46. The van der Waals surface area contributed by atoms with Crippen molar-refractivity contribution in [3.8, 4) is 22.6 Å². The van der Waals surface area contributed by atoms with Gasteiger partial charge in [-0.15, -0.1) is 0 Å². The molecule has 1 aromatic carbocycles. The predicted molar refractivity (Wildman–Crippen MR) is 155 cm³/mol. The molecule has 8 nitrogen and oxygen atoms in total. The van der Waals surface area contributed by atoms with E-state index in [1.54, 1.807) is 7.11 Å². The number of carbonyl (C=O) groups is 1. The quantitative estimate of drug-likeness (QED) is 0.265. The van der Waals surface area contributed by atoms with E-state index in [-0.39, 0.29) is 29.5 Å². The van der Waals surface area contributed by atoms with Crippen LogP contribution in [0.15, 0.2) is 55.1 Å². The molecule has 1 amide bonds. The van der Waals surface area contributed by atoms with Gasteiger partial charge in [-0.3, -0.25) is 9.48 Å². The Morgan fingerprint density at radius 1 is 1.00 bits per heavy atom. The Morgan fingerprint density at radius 2 is 1.75 bits per heavy atom. The summed E-state index contributed by atoms with van der Waals surface area (Å²) in [5.41, 5.74) is 5.30. The molecular weight excluding hydrogens is 502 g/mol. The maximum Gasteiger partial charge on any atom is 0.223 e. The van der Waals surface area contributed by atoms with Gasteiger partial charge in [-0.25, -0.2) is 4.52 Å². The number of amides is 1. The van der Waals surface area contributed by atoms with Gasteiger partial charge in [-0.05, 0) is 77.1 Å². The van der Waals surface area contributed by atoms with Crippen molar-refractivity contribution >= 4 is 11.4 Å². The Kier molecular flexibility index (Phi) is 6.59. The van der Waals surface area contributed by atoms with E-state index in [1.165, 1.54) is 18.4 Å². The highest BCUT2D eigenvalue weighted by Gasteiger charge is 2.37. The van der Waals surface area contributed by atoms with Gasteiger partial charge in [-0.2, -0.15) is 10.2 Å². The summed E-state index contributed by atoms with van der Waals surface area (Å²) in [6.45, 7) is 11.3. The standard InChI is InChI=1S/C32H39N5O3/c1-20(22-9-11-27(39-6)12-10-22)35-17-24(14-30(35)38)21(2)40-29-13-25(26-15-34-37(19-26)32(3,4)5)18-36-31(29)28(16-33-36)23-7-8-23/h9-13,15-16,18-21,23-24H,7-8,14,17H2,1-6H3/t20-,21-,24-/m1/s1. The summed E-state index contributed by atoms with van der Waals surface area (Å²) in [4.78, 5) is 15.1. The normalized spacial score (nSPS) is 19.3. The average Bonchev–Trinajstić information content (AvgIpc) is 3.31. The molecule has 0 radical (unpaired) electrons. The molecule has 40 heavy (non-hydrogen) atoms. The molecule has 1 aliphatic heterocycles. The third kappa shape index (κ3) is 4.95. The molecule has 3 aromatic heterocycles. The summed E-state index contributed by atoms with van der Waals surface area (Å²) < 4.78 is 16.0. The Labute approximate surface area is 235 Å². The minimum Gasteiger partial charge on any atom is -0.497 e. The largest absolute Gasteiger partial charge is 0.497 e. The van der Waals surface area contributed by atoms with Crippen LogP contribution in [-0.2, 0) is 10.3 Å². The second-order valence-electron chi connectivity index (χ2n) is 12.4. The molecule has 0 bridgehead atoms. The van der Waals surface area contributed by atoms with Crippen LogP contribution in [0.25, 0.3) is 16.6 Å². The van der Waals surface area contributed by atoms with E-state index < -0.39 is 0 Å². The van der Waals surface area contributed by atoms with E-state index in [0.29, 0.717) is 18.9 Å². The van der Waals surface area contributed by atoms with Gasteiger partial charge >= 0.3 is 0 Å². The van der Waals surface area contributed by atoms with Crippen LogP contribution in [0.4, 0.5) is 0 Å². The Bertz CT molecular complexity index is 1530. The van der Waals surface area contributed by atoms with Crippen molar-refractivity contribution in [2.24, 2.45) is 5.92 Å². The van der Waals surface area contributed by atoms with Crippen LogP contribution >= 0.6 is 0 Å². The number of benzene rings is 1. The lowest BCUT2D eigenvalue weighted by atomic mass is 10.0. The van der Waals surface area contributed by atoms with Gasteiger partial charge in [0.2, 0.25) is 5.91 Å². The number of fused-ring (bicyclic) bond motifs is 1. The van der Waals surface area contributed by atoms with Gasteiger partial charge in [0.25, 0.3) is 0 Å². The maximum absolute atomic E-state index is 13.1. The smallest absolute Gasteiger partial charge is 0.223 e. The lowest BCUT2D eigenvalue weighted by molar-refractivity contribution is -0.129. The van der Waals surface area contributed by atoms with Crippen molar-refractivity contribution in [3.05, 3.63) is 66.2 Å². The molecule has 6 rings (SSSR count). The van der Waals surface area contributed by atoms with E-state index in [9.17, 15) is 4.79 Å². The predicted octanol–water partition coefficient (Wildman–Crippen LogP) is 6.22. The van der Waals surface area contributed by atoms with Gasteiger partial charge in [0.15, 0.2) is 0 Å². The summed E-state index contributed by atoms with van der Waals surface area (Å²) in [6, 6.07) is 10.1. The minimum absolute atomic E-state index is 0.0127. The number of ether oxygens (including phenoxy) is 2. The van der Waals surface area contributed by atoms with Crippen LogP contribution in [0.3, 0.4) is 0 Å². The molecule has 0 unspecified atom stereocenters. The van der Waals surface area contributed by atoms with Crippen LogP contribution < -0.4 is 9.47 Å². The molecule has 8 heteroatoms. The van der Waals surface area contributed by atoms with Crippen molar-refractivity contribution in [2.75, 3.05) is 13.7 Å². The highest BCUT2D eigenvalue weighted by Crippen LogP contribution is 2.45. The molecule has 210 valence electrons. The molecule has 4 aromatic rings. The van der Waals surface area contributed by atoms with Gasteiger partial charge < -0.3 is 14.4 Å². The fourth-order valence-corrected chi connectivity index (χ4v) is 5.69. The SMILES string of the molecule is COc1ccc([C@@H](C)N2C[C@H]([C@@H](C)Oc3cc(-c4cnn(C(C)(C)C)c4)cn4ncc(C5CC5)c34)CC2=O)cc1. The van der Waals surface area contributed by atoms with Gasteiger partial charge in [-0.1, -0.05) is 12.1 Å². The first-order valence-corrected chi connectivity index (χ1v) is 14.3. The molecule has 2 fully saturated rings. The number of nitrogens with zero attached hydrogens (tertiary/aromatic N) is 5. The second kappa shape index (κ2) is 9.98. The van der Waals surface area contributed by atoms with Crippen molar-refractivity contribution in [2.45, 2.75) is 77.5 Å². The van der Waals surface area contributed by atoms with Gasteiger partial charge in [0.1, 0.15) is 23.1 Å². The zero-order chi connectivity index (χ0) is 28.2. The topological polar surface area (TPSA) is 73.9 Å². The molecule has 3 atom stereocenters. The molecule has 1 saturated carbocycles. The molecule has 0 N–H and O–H groups in total. The molecule has 2 aliphatic rings. The van der Waals surface area contributed by atoms with E-state index in [1.807, 2.05) is 50.8 Å². The molecule has 4 heterocycles. The minimum atomic E-state index is -0.143. The number of aromatic nitrogens is 4. The first-order valence-electron chi connectivity index (χ1n) is 14.3. The van der Waals surface area contributed by atoms with Crippen LogP contribution in [0.2, 0.25) is 0 Å². The number of hydrogen-bond donors (Lipinski definition) is 0. The second-order valence-corrected chi connectivity index (χ2v) is 12.4. The molecule has 1 saturated heterocycles. The first kappa shape index (κ1) is 26.4. The Morgan fingerprint density at radius 3 is 2.40 bits per heavy atom. The zero-order valence-corrected chi connectivity index (χ0v) is 24.3. The summed E-state index contributed by atoms with van der Waals surface area (Å²) in [5, 5.41) is 9.32. The number of pyridine rings is 1. The van der Waals surface area contributed by atoms with Gasteiger partial charge in [0, 0.05) is 48.0 Å². The van der Waals surface area contributed by atoms with Crippen LogP contribution in [0.1, 0.15) is 77.0 Å². The summed E-state index contributed by atoms with van der Waals surface area (Å²) in [5.74, 6) is 2.43. The Hall–Kier alpha value is -3.81. The summed E-state index contributed by atoms with van der Waals surface area (Å²) in [6.07, 6.45) is 10.7. The maximum atomic E-state index is 13.1. The van der Waals surface area contributed by atoms with E-state index in [2.05, 4.69) is 58.2 Å². The fourth-order valence-electron chi connectivity index (χ4n) is 5.69. The molecule has 0 spiro atoms.